The third-order valence-corrected chi connectivity index (χ3v) is 1.89. The molecule has 0 heterocycles. The summed E-state index contributed by atoms with van der Waals surface area (Å²) < 4.78 is 0. The molecule has 3 heteroatoms. The first-order chi connectivity index (χ1) is 6.27. The smallest absolute Gasteiger partial charge is 0.209 e. The fourth-order valence-electron chi connectivity index (χ4n) is 1.21. The van der Waals surface area contributed by atoms with Crippen LogP contribution in [-0.4, -0.2) is 25.4 Å². The summed E-state index contributed by atoms with van der Waals surface area (Å²) in [6, 6.07) is 7.94. The summed E-state index contributed by atoms with van der Waals surface area (Å²) in [7, 11) is 3.64. The van der Waals surface area contributed by atoms with Gasteiger partial charge in [0, 0.05) is 26.3 Å². The molecule has 0 atom stereocenters. The van der Waals surface area contributed by atoms with E-state index in [1.807, 2.05) is 31.3 Å². The maximum absolute atomic E-state index is 10.4. The summed E-state index contributed by atoms with van der Waals surface area (Å²) in [5.74, 6) is 0. The predicted molar refractivity (Wildman–Crippen MR) is 53.5 cm³/mol. The largest absolute Gasteiger partial charge is 0.388 e. The molecule has 3 nitrogen and oxygen atoms in total. The van der Waals surface area contributed by atoms with Crippen molar-refractivity contribution in [3.05, 3.63) is 29.8 Å². The van der Waals surface area contributed by atoms with Gasteiger partial charge in [-0.1, -0.05) is 18.2 Å². The number of nitrogens with one attached hydrogen (secondary N) is 1. The Kier molecular flexibility index (Phi) is 3.31. The minimum Gasteiger partial charge on any atom is -0.388 e. The molecule has 0 fully saturated rings. The molecule has 0 aliphatic heterocycles. The Morgan fingerprint density at radius 1 is 1.46 bits per heavy atom. The van der Waals surface area contributed by atoms with Gasteiger partial charge in [-0.2, -0.15) is 0 Å². The standard InChI is InChI=1S/C10H14N2O/c1-11-10-6-4-3-5-9(10)7-12(2)8-13/h3-6,8,11H,7H2,1-2H3. The zero-order valence-electron chi connectivity index (χ0n) is 7.95. The lowest BCUT2D eigenvalue weighted by Gasteiger charge is -2.13. The van der Waals surface area contributed by atoms with Crippen molar-refractivity contribution in [2.75, 3.05) is 19.4 Å². The number of para-hydroxylation sites is 1. The van der Waals surface area contributed by atoms with Gasteiger partial charge in [0.2, 0.25) is 6.41 Å². The van der Waals surface area contributed by atoms with E-state index in [1.165, 1.54) is 0 Å². The molecular formula is C10H14N2O. The van der Waals surface area contributed by atoms with Crippen molar-refractivity contribution in [3.8, 4) is 0 Å². The molecule has 0 unspecified atom stereocenters. The first kappa shape index (κ1) is 9.58. The summed E-state index contributed by atoms with van der Waals surface area (Å²) in [5, 5.41) is 3.08. The molecule has 0 radical (unpaired) electrons. The van der Waals surface area contributed by atoms with Crippen molar-refractivity contribution in [1.82, 2.24) is 4.90 Å². The van der Waals surface area contributed by atoms with Gasteiger partial charge in [-0.3, -0.25) is 4.79 Å². The zero-order chi connectivity index (χ0) is 9.68. The van der Waals surface area contributed by atoms with Crippen molar-refractivity contribution >= 4 is 12.1 Å². The number of hydrogen-bond acceptors (Lipinski definition) is 2. The molecule has 1 aromatic rings. The highest BCUT2D eigenvalue weighted by molar-refractivity contribution is 5.53. The van der Waals surface area contributed by atoms with Crippen LogP contribution in [0.1, 0.15) is 5.56 Å². The van der Waals surface area contributed by atoms with Crippen LogP contribution in [0, 0.1) is 0 Å². The van der Waals surface area contributed by atoms with Crippen molar-refractivity contribution in [1.29, 1.82) is 0 Å². The van der Waals surface area contributed by atoms with Gasteiger partial charge in [0.1, 0.15) is 0 Å². The van der Waals surface area contributed by atoms with Crippen LogP contribution >= 0.6 is 0 Å². The molecule has 0 spiro atoms. The minimum atomic E-state index is 0.639. The molecular weight excluding hydrogens is 164 g/mol. The summed E-state index contributed by atoms with van der Waals surface area (Å²) in [6.45, 7) is 0.639. The number of anilines is 1. The van der Waals surface area contributed by atoms with Crippen LogP contribution in [0.2, 0.25) is 0 Å². The van der Waals surface area contributed by atoms with Crippen LogP contribution in [0.4, 0.5) is 5.69 Å². The summed E-state index contributed by atoms with van der Waals surface area (Å²) in [5.41, 5.74) is 2.19. The number of rotatable bonds is 4. The van der Waals surface area contributed by atoms with E-state index >= 15 is 0 Å². The molecule has 1 amide bonds. The van der Waals surface area contributed by atoms with Gasteiger partial charge in [0.15, 0.2) is 0 Å². The Hall–Kier alpha value is -1.51. The van der Waals surface area contributed by atoms with E-state index in [-0.39, 0.29) is 0 Å². The van der Waals surface area contributed by atoms with Gasteiger partial charge >= 0.3 is 0 Å². The third kappa shape index (κ3) is 2.47. The molecule has 1 aromatic carbocycles. The Bertz CT molecular complexity index is 286. The topological polar surface area (TPSA) is 32.3 Å². The molecule has 0 bridgehead atoms. The third-order valence-electron chi connectivity index (χ3n) is 1.89. The number of carbonyl (C=O) groups is 1. The van der Waals surface area contributed by atoms with E-state index in [9.17, 15) is 4.79 Å². The van der Waals surface area contributed by atoms with Crippen molar-refractivity contribution in [3.63, 3.8) is 0 Å². The fraction of sp³-hybridized carbons (Fsp3) is 0.300. The Balaban J connectivity index is 2.80. The van der Waals surface area contributed by atoms with Crippen molar-refractivity contribution < 1.29 is 4.79 Å². The van der Waals surface area contributed by atoms with E-state index < -0.39 is 0 Å². The maximum atomic E-state index is 10.4. The number of benzene rings is 1. The second-order valence-corrected chi connectivity index (χ2v) is 2.93. The quantitative estimate of drug-likeness (QED) is 0.705. The highest BCUT2D eigenvalue weighted by atomic mass is 16.1. The van der Waals surface area contributed by atoms with E-state index in [1.54, 1.807) is 11.9 Å². The molecule has 0 saturated heterocycles. The van der Waals surface area contributed by atoms with Gasteiger partial charge in [-0.05, 0) is 11.6 Å². The second kappa shape index (κ2) is 4.50. The summed E-state index contributed by atoms with van der Waals surface area (Å²) in [4.78, 5) is 12.0. The normalized spacial score (nSPS) is 9.38. The van der Waals surface area contributed by atoms with Crippen molar-refractivity contribution in [2.45, 2.75) is 6.54 Å². The van der Waals surface area contributed by atoms with Crippen LogP contribution in [0.15, 0.2) is 24.3 Å². The molecule has 0 aliphatic carbocycles. The fourth-order valence-corrected chi connectivity index (χ4v) is 1.21. The molecule has 70 valence electrons. The molecule has 1 N–H and O–H groups in total. The number of carbonyl (C=O) groups excluding carboxylic acids is 1. The predicted octanol–water partition coefficient (Wildman–Crippen LogP) is 1.32. The second-order valence-electron chi connectivity index (χ2n) is 2.93. The molecule has 1 rings (SSSR count). The lowest BCUT2D eigenvalue weighted by atomic mass is 10.1. The molecule has 13 heavy (non-hydrogen) atoms. The zero-order valence-corrected chi connectivity index (χ0v) is 7.95. The Morgan fingerprint density at radius 3 is 2.77 bits per heavy atom. The highest BCUT2D eigenvalue weighted by Gasteiger charge is 2.01. The van der Waals surface area contributed by atoms with Crippen LogP contribution in [0.25, 0.3) is 0 Å². The van der Waals surface area contributed by atoms with E-state index in [4.69, 9.17) is 0 Å². The number of amides is 1. The minimum absolute atomic E-state index is 0.639. The van der Waals surface area contributed by atoms with Gasteiger partial charge < -0.3 is 10.2 Å². The van der Waals surface area contributed by atoms with Crippen LogP contribution in [-0.2, 0) is 11.3 Å². The SMILES string of the molecule is CNc1ccccc1CN(C)C=O. The van der Waals surface area contributed by atoms with E-state index in [0.29, 0.717) is 6.54 Å². The lowest BCUT2D eigenvalue weighted by Crippen LogP contribution is -2.15. The van der Waals surface area contributed by atoms with Gasteiger partial charge in [0.05, 0.1) is 0 Å². The summed E-state index contributed by atoms with van der Waals surface area (Å²) >= 11 is 0. The maximum Gasteiger partial charge on any atom is 0.209 e. The van der Waals surface area contributed by atoms with Gasteiger partial charge in [-0.25, -0.2) is 0 Å². The molecule has 0 saturated carbocycles. The summed E-state index contributed by atoms with van der Waals surface area (Å²) in [6.07, 6.45) is 0.826. The highest BCUT2D eigenvalue weighted by Crippen LogP contribution is 2.14. The van der Waals surface area contributed by atoms with Gasteiger partial charge in [-0.15, -0.1) is 0 Å². The average Bonchev–Trinajstić information content (AvgIpc) is 2.18. The van der Waals surface area contributed by atoms with E-state index in [2.05, 4.69) is 5.32 Å². The number of nitrogens with zero attached hydrogens (tertiary/aromatic N) is 1. The van der Waals surface area contributed by atoms with Crippen LogP contribution in [0.3, 0.4) is 0 Å². The first-order valence-corrected chi connectivity index (χ1v) is 4.19. The number of hydrogen-bond donors (Lipinski definition) is 1. The monoisotopic (exact) mass is 178 g/mol. The van der Waals surface area contributed by atoms with Crippen LogP contribution in [0.5, 0.6) is 0 Å². The van der Waals surface area contributed by atoms with Gasteiger partial charge in [0.25, 0.3) is 0 Å². The Labute approximate surface area is 78.4 Å². The first-order valence-electron chi connectivity index (χ1n) is 4.19. The Morgan fingerprint density at radius 2 is 2.15 bits per heavy atom. The lowest BCUT2D eigenvalue weighted by molar-refractivity contribution is -0.117. The molecule has 0 aromatic heterocycles. The van der Waals surface area contributed by atoms with E-state index in [0.717, 1.165) is 17.7 Å². The molecule has 0 aliphatic rings. The van der Waals surface area contributed by atoms with Crippen LogP contribution < -0.4 is 5.32 Å². The van der Waals surface area contributed by atoms with Crippen molar-refractivity contribution in [2.24, 2.45) is 0 Å². The average molecular weight is 178 g/mol.